The Morgan fingerprint density at radius 1 is 1.25 bits per heavy atom. The lowest BCUT2D eigenvalue weighted by Gasteiger charge is -2.23. The summed E-state index contributed by atoms with van der Waals surface area (Å²) in [4.78, 5) is 23.0. The van der Waals surface area contributed by atoms with Crippen LogP contribution in [0.25, 0.3) is 0 Å². The van der Waals surface area contributed by atoms with Crippen LogP contribution >= 0.6 is 12.4 Å². The molecule has 112 valence electrons. The molecule has 0 saturated carbocycles. The highest BCUT2D eigenvalue weighted by molar-refractivity contribution is 5.98. The van der Waals surface area contributed by atoms with Gasteiger partial charge in [0.15, 0.2) is 0 Å². The number of rotatable bonds is 5. The normalized spacial score (nSPS) is 12.8. The Bertz CT molecular complexity index is 475. The second-order valence-corrected chi connectivity index (χ2v) is 4.88. The van der Waals surface area contributed by atoms with E-state index < -0.39 is 5.54 Å². The Balaban J connectivity index is 0.00000361. The highest BCUT2D eigenvalue weighted by atomic mass is 35.5. The zero-order valence-electron chi connectivity index (χ0n) is 12.0. The molecular formula is C14H22ClN3O2. The number of halogens is 1. The minimum absolute atomic E-state index is 0. The lowest BCUT2D eigenvalue weighted by Crippen LogP contribution is -2.48. The number of anilines is 2. The average molecular weight is 300 g/mol. The van der Waals surface area contributed by atoms with Crippen molar-refractivity contribution < 1.29 is 9.59 Å². The first kappa shape index (κ1) is 18.4. The molecule has 5 nitrogen and oxygen atoms in total. The first-order valence-corrected chi connectivity index (χ1v) is 6.33. The fraction of sp³-hybridized carbons (Fsp3) is 0.429. The molecule has 1 unspecified atom stereocenters. The van der Waals surface area contributed by atoms with Crippen LogP contribution in [0.15, 0.2) is 24.3 Å². The van der Waals surface area contributed by atoms with Crippen molar-refractivity contribution in [2.75, 3.05) is 10.6 Å². The fourth-order valence-corrected chi connectivity index (χ4v) is 1.78. The van der Waals surface area contributed by atoms with Crippen LogP contribution in [-0.2, 0) is 9.59 Å². The van der Waals surface area contributed by atoms with Gasteiger partial charge in [0.25, 0.3) is 0 Å². The highest BCUT2D eigenvalue weighted by Gasteiger charge is 2.27. The molecule has 0 bridgehead atoms. The molecule has 0 heterocycles. The molecule has 0 aliphatic heterocycles. The molecular weight excluding hydrogens is 278 g/mol. The van der Waals surface area contributed by atoms with E-state index in [1.165, 1.54) is 6.92 Å². The van der Waals surface area contributed by atoms with Gasteiger partial charge in [-0.1, -0.05) is 19.4 Å². The van der Waals surface area contributed by atoms with E-state index in [1.807, 2.05) is 6.92 Å². The lowest BCUT2D eigenvalue weighted by atomic mass is 9.96. The molecule has 6 heteroatoms. The lowest BCUT2D eigenvalue weighted by molar-refractivity contribution is -0.120. The molecule has 2 amide bonds. The summed E-state index contributed by atoms with van der Waals surface area (Å²) in [5, 5.41) is 5.43. The maximum Gasteiger partial charge on any atom is 0.244 e. The third kappa shape index (κ3) is 5.59. The van der Waals surface area contributed by atoms with E-state index in [0.29, 0.717) is 17.8 Å². The van der Waals surface area contributed by atoms with Gasteiger partial charge in [0, 0.05) is 18.3 Å². The summed E-state index contributed by atoms with van der Waals surface area (Å²) >= 11 is 0. The Hall–Kier alpha value is -1.59. The van der Waals surface area contributed by atoms with Crippen LogP contribution in [0.5, 0.6) is 0 Å². The molecule has 20 heavy (non-hydrogen) atoms. The van der Waals surface area contributed by atoms with Gasteiger partial charge in [-0.15, -0.1) is 12.4 Å². The first-order valence-electron chi connectivity index (χ1n) is 6.33. The second-order valence-electron chi connectivity index (χ2n) is 4.88. The van der Waals surface area contributed by atoms with Crippen molar-refractivity contribution in [3.05, 3.63) is 24.3 Å². The third-order valence-electron chi connectivity index (χ3n) is 2.73. The van der Waals surface area contributed by atoms with Gasteiger partial charge in [0.2, 0.25) is 11.8 Å². The van der Waals surface area contributed by atoms with Gasteiger partial charge in [-0.2, -0.15) is 0 Å². The number of carbonyl (C=O) groups excluding carboxylic acids is 2. The van der Waals surface area contributed by atoms with Crippen LogP contribution in [0.3, 0.4) is 0 Å². The van der Waals surface area contributed by atoms with Crippen molar-refractivity contribution in [3.8, 4) is 0 Å². The molecule has 0 aromatic heterocycles. The Morgan fingerprint density at radius 3 is 2.30 bits per heavy atom. The third-order valence-corrected chi connectivity index (χ3v) is 2.73. The molecule has 0 saturated heterocycles. The summed E-state index contributed by atoms with van der Waals surface area (Å²) in [5.41, 5.74) is 6.32. The predicted molar refractivity (Wildman–Crippen MR) is 84.1 cm³/mol. The zero-order chi connectivity index (χ0) is 14.5. The summed E-state index contributed by atoms with van der Waals surface area (Å²) in [6, 6.07) is 6.96. The number of carbonyl (C=O) groups is 2. The minimum Gasteiger partial charge on any atom is -0.326 e. The summed E-state index contributed by atoms with van der Waals surface area (Å²) < 4.78 is 0. The summed E-state index contributed by atoms with van der Waals surface area (Å²) in [7, 11) is 0. The maximum atomic E-state index is 12.0. The number of amides is 2. The van der Waals surface area contributed by atoms with Crippen LogP contribution < -0.4 is 16.4 Å². The standard InChI is InChI=1S/C14H21N3O2.ClH/c1-4-8-14(3,15)13(19)17-12-7-5-6-11(9-12)16-10(2)18;/h5-7,9H,4,8,15H2,1-3H3,(H,16,18)(H,17,19);1H. The van der Waals surface area contributed by atoms with Gasteiger partial charge in [0.1, 0.15) is 0 Å². The summed E-state index contributed by atoms with van der Waals surface area (Å²) in [6.07, 6.45) is 1.45. The molecule has 0 fully saturated rings. The number of nitrogens with two attached hydrogens (primary N) is 1. The first-order chi connectivity index (χ1) is 8.85. The molecule has 0 aliphatic rings. The molecule has 0 spiro atoms. The Kier molecular flexibility index (Phi) is 7.24. The van der Waals surface area contributed by atoms with Crippen LogP contribution in [-0.4, -0.2) is 17.4 Å². The van der Waals surface area contributed by atoms with Crippen molar-refractivity contribution in [2.24, 2.45) is 5.73 Å². The summed E-state index contributed by atoms with van der Waals surface area (Å²) in [6.45, 7) is 5.13. The highest BCUT2D eigenvalue weighted by Crippen LogP contribution is 2.17. The van der Waals surface area contributed by atoms with Gasteiger partial charge in [-0.25, -0.2) is 0 Å². The smallest absolute Gasteiger partial charge is 0.244 e. The maximum absolute atomic E-state index is 12.0. The molecule has 0 aliphatic carbocycles. The van der Waals surface area contributed by atoms with E-state index in [9.17, 15) is 9.59 Å². The average Bonchev–Trinajstić information content (AvgIpc) is 2.28. The van der Waals surface area contributed by atoms with Crippen molar-refractivity contribution in [2.45, 2.75) is 39.2 Å². The number of nitrogens with one attached hydrogen (secondary N) is 2. The molecule has 1 aromatic rings. The van der Waals surface area contributed by atoms with Crippen molar-refractivity contribution in [3.63, 3.8) is 0 Å². The van der Waals surface area contributed by atoms with Crippen LogP contribution in [0.4, 0.5) is 11.4 Å². The SMILES string of the molecule is CCCC(C)(N)C(=O)Nc1cccc(NC(C)=O)c1.Cl. The van der Waals surface area contributed by atoms with E-state index in [2.05, 4.69) is 10.6 Å². The number of benzene rings is 1. The van der Waals surface area contributed by atoms with Gasteiger partial charge in [0.05, 0.1) is 5.54 Å². The monoisotopic (exact) mass is 299 g/mol. The Labute approximate surface area is 125 Å². The van der Waals surface area contributed by atoms with E-state index in [4.69, 9.17) is 5.73 Å². The van der Waals surface area contributed by atoms with E-state index in [0.717, 1.165) is 6.42 Å². The molecule has 4 N–H and O–H groups in total. The molecule has 1 atom stereocenters. The number of hydrogen-bond acceptors (Lipinski definition) is 3. The number of hydrogen-bond donors (Lipinski definition) is 3. The van der Waals surface area contributed by atoms with E-state index in [-0.39, 0.29) is 24.2 Å². The van der Waals surface area contributed by atoms with E-state index in [1.54, 1.807) is 31.2 Å². The fourth-order valence-electron chi connectivity index (χ4n) is 1.78. The van der Waals surface area contributed by atoms with Crippen LogP contribution in [0, 0.1) is 0 Å². The minimum atomic E-state index is -0.890. The van der Waals surface area contributed by atoms with Gasteiger partial charge < -0.3 is 16.4 Å². The topological polar surface area (TPSA) is 84.2 Å². The molecule has 1 rings (SSSR count). The van der Waals surface area contributed by atoms with Crippen molar-refractivity contribution in [1.82, 2.24) is 0 Å². The largest absolute Gasteiger partial charge is 0.326 e. The van der Waals surface area contributed by atoms with Crippen LogP contribution in [0.2, 0.25) is 0 Å². The van der Waals surface area contributed by atoms with E-state index >= 15 is 0 Å². The van der Waals surface area contributed by atoms with Crippen LogP contribution in [0.1, 0.15) is 33.6 Å². The van der Waals surface area contributed by atoms with Crippen molar-refractivity contribution >= 4 is 35.6 Å². The molecule has 1 aromatic carbocycles. The molecule has 0 radical (unpaired) electrons. The van der Waals surface area contributed by atoms with Gasteiger partial charge >= 0.3 is 0 Å². The van der Waals surface area contributed by atoms with Crippen molar-refractivity contribution in [1.29, 1.82) is 0 Å². The predicted octanol–water partition coefficient (Wildman–Crippen LogP) is 2.52. The Morgan fingerprint density at radius 2 is 1.80 bits per heavy atom. The quantitative estimate of drug-likeness (QED) is 0.781. The summed E-state index contributed by atoms with van der Waals surface area (Å²) in [5.74, 6) is -0.382. The van der Waals surface area contributed by atoms with Gasteiger partial charge in [-0.05, 0) is 31.5 Å². The second kappa shape index (κ2) is 7.87. The zero-order valence-corrected chi connectivity index (χ0v) is 12.8. The van der Waals surface area contributed by atoms with Gasteiger partial charge in [-0.3, -0.25) is 9.59 Å².